The Morgan fingerprint density at radius 2 is 1.06 bits per heavy atom. The summed E-state index contributed by atoms with van der Waals surface area (Å²) >= 11 is 0. The van der Waals surface area contributed by atoms with Crippen molar-refractivity contribution >= 4 is 0 Å². The smallest absolute Gasteiger partial charge is 0.101 e. The molecule has 0 saturated carbocycles. The molecule has 2 rings (SSSR count). The highest BCUT2D eigenvalue weighted by Crippen LogP contribution is 2.25. The van der Waals surface area contributed by atoms with Crippen LogP contribution in [0.5, 0.6) is 0 Å². The molecule has 182 valence electrons. The Morgan fingerprint density at radius 1 is 0.562 bits per heavy atom. The average Bonchev–Trinajstić information content (AvgIpc) is 3.19. The van der Waals surface area contributed by atoms with Crippen LogP contribution in [0.2, 0.25) is 0 Å². The van der Waals surface area contributed by atoms with E-state index >= 15 is 0 Å². The highest BCUT2D eigenvalue weighted by atomic mass is 15.4. The fourth-order valence-corrected chi connectivity index (χ4v) is 4.96. The van der Waals surface area contributed by atoms with Gasteiger partial charge in [0.15, 0.2) is 0 Å². The molecule has 1 aromatic carbocycles. The second-order valence-corrected chi connectivity index (χ2v) is 9.91. The molecule has 1 atom stereocenters. The predicted octanol–water partition coefficient (Wildman–Crippen LogP) is 9.27. The molecule has 0 bridgehead atoms. The van der Waals surface area contributed by atoms with Crippen molar-refractivity contribution in [1.29, 1.82) is 0 Å². The van der Waals surface area contributed by atoms with Gasteiger partial charge in [-0.25, -0.2) is 0 Å². The van der Waals surface area contributed by atoms with Gasteiger partial charge in [-0.05, 0) is 24.8 Å². The van der Waals surface area contributed by atoms with E-state index in [1.807, 2.05) is 0 Å². The van der Waals surface area contributed by atoms with Crippen LogP contribution in [0.15, 0.2) is 42.7 Å². The molecule has 0 saturated heterocycles. The van der Waals surface area contributed by atoms with Crippen LogP contribution < -0.4 is 0 Å². The summed E-state index contributed by atoms with van der Waals surface area (Å²) in [6, 6.07) is 11.0. The molecule has 1 heterocycles. The van der Waals surface area contributed by atoms with Crippen LogP contribution in [0.25, 0.3) is 0 Å². The zero-order valence-corrected chi connectivity index (χ0v) is 21.4. The van der Waals surface area contributed by atoms with Crippen molar-refractivity contribution in [3.63, 3.8) is 0 Å². The first kappa shape index (κ1) is 26.8. The first-order chi connectivity index (χ1) is 15.8. The molecular weight excluding hydrogens is 388 g/mol. The molecule has 0 radical (unpaired) electrons. The van der Waals surface area contributed by atoms with Crippen molar-refractivity contribution in [2.24, 2.45) is 0 Å². The third kappa shape index (κ3) is 11.4. The lowest BCUT2D eigenvalue weighted by Crippen LogP contribution is -2.38. The van der Waals surface area contributed by atoms with Gasteiger partial charge in [-0.15, -0.1) is 0 Å². The van der Waals surface area contributed by atoms with Crippen molar-refractivity contribution in [3.8, 4) is 0 Å². The van der Waals surface area contributed by atoms with Crippen LogP contribution in [0.1, 0.15) is 129 Å². The maximum Gasteiger partial charge on any atom is 0.101 e. The molecule has 1 aliphatic heterocycles. The summed E-state index contributed by atoms with van der Waals surface area (Å²) in [5.74, 6) is 0. The average molecular weight is 441 g/mol. The Hall–Kier alpha value is -1.44. The molecule has 2 heteroatoms. The summed E-state index contributed by atoms with van der Waals surface area (Å²) in [7, 11) is 0. The van der Waals surface area contributed by atoms with Gasteiger partial charge in [0.1, 0.15) is 6.17 Å². The van der Waals surface area contributed by atoms with Crippen LogP contribution >= 0.6 is 0 Å². The van der Waals surface area contributed by atoms with Crippen LogP contribution in [-0.2, 0) is 6.54 Å². The van der Waals surface area contributed by atoms with Crippen molar-refractivity contribution in [2.45, 2.75) is 136 Å². The quantitative estimate of drug-likeness (QED) is 0.186. The highest BCUT2D eigenvalue weighted by Gasteiger charge is 2.25. The zero-order chi connectivity index (χ0) is 22.7. The highest BCUT2D eigenvalue weighted by molar-refractivity contribution is 5.15. The molecule has 0 amide bonds. The summed E-state index contributed by atoms with van der Waals surface area (Å²) in [6.45, 7) is 6.86. The predicted molar refractivity (Wildman–Crippen MR) is 141 cm³/mol. The van der Waals surface area contributed by atoms with E-state index in [4.69, 9.17) is 0 Å². The van der Waals surface area contributed by atoms with Crippen LogP contribution in [0.4, 0.5) is 0 Å². The summed E-state index contributed by atoms with van der Waals surface area (Å²) in [4.78, 5) is 5.22. The van der Waals surface area contributed by atoms with Crippen LogP contribution in [0, 0.1) is 0 Å². The Morgan fingerprint density at radius 3 is 1.66 bits per heavy atom. The van der Waals surface area contributed by atoms with Crippen molar-refractivity contribution < 1.29 is 0 Å². The number of rotatable bonds is 20. The van der Waals surface area contributed by atoms with E-state index < -0.39 is 0 Å². The minimum Gasteiger partial charge on any atom is -0.356 e. The molecule has 0 aliphatic carbocycles. The Bertz CT molecular complexity index is 567. The molecular formula is C30H52N2. The topological polar surface area (TPSA) is 6.48 Å². The van der Waals surface area contributed by atoms with Crippen molar-refractivity contribution in [3.05, 3.63) is 48.3 Å². The second kappa shape index (κ2) is 18.0. The molecule has 1 aromatic rings. The molecule has 0 aromatic heterocycles. The van der Waals surface area contributed by atoms with Crippen molar-refractivity contribution in [1.82, 2.24) is 9.80 Å². The second-order valence-electron chi connectivity index (χ2n) is 9.91. The molecule has 1 aliphatic rings. The fraction of sp³-hybridized carbons (Fsp3) is 0.733. The SMILES string of the molecule is CCCCCCCCCCCCN1C=CN(Cc2ccccc2)C1CCCCCCCC. The maximum absolute atomic E-state index is 2.64. The number of hydrogen-bond acceptors (Lipinski definition) is 2. The summed E-state index contributed by atoms with van der Waals surface area (Å²) < 4.78 is 0. The van der Waals surface area contributed by atoms with E-state index in [9.17, 15) is 0 Å². The van der Waals surface area contributed by atoms with E-state index in [1.54, 1.807) is 0 Å². The van der Waals surface area contributed by atoms with Gasteiger partial charge in [0.05, 0.1) is 0 Å². The maximum atomic E-state index is 2.64. The molecule has 0 fully saturated rings. The Kier molecular flexibility index (Phi) is 15.1. The lowest BCUT2D eigenvalue weighted by molar-refractivity contribution is 0.132. The van der Waals surface area contributed by atoms with E-state index in [-0.39, 0.29) is 0 Å². The molecule has 32 heavy (non-hydrogen) atoms. The fourth-order valence-electron chi connectivity index (χ4n) is 4.96. The monoisotopic (exact) mass is 440 g/mol. The Balaban J connectivity index is 1.68. The Labute approximate surface area is 200 Å². The number of nitrogens with zero attached hydrogens (tertiary/aromatic N) is 2. The lowest BCUT2D eigenvalue weighted by atomic mass is 10.1. The van der Waals surface area contributed by atoms with Gasteiger partial charge >= 0.3 is 0 Å². The first-order valence-electron chi connectivity index (χ1n) is 14.1. The van der Waals surface area contributed by atoms with Gasteiger partial charge < -0.3 is 9.80 Å². The van der Waals surface area contributed by atoms with Gasteiger partial charge in [-0.1, -0.05) is 134 Å². The molecule has 2 nitrogen and oxygen atoms in total. The molecule has 1 unspecified atom stereocenters. The normalized spacial score (nSPS) is 15.8. The summed E-state index contributed by atoms with van der Waals surface area (Å²) in [6.07, 6.45) is 29.0. The van der Waals surface area contributed by atoms with E-state index in [1.165, 1.54) is 121 Å². The van der Waals surface area contributed by atoms with Crippen LogP contribution in [-0.4, -0.2) is 22.5 Å². The summed E-state index contributed by atoms with van der Waals surface area (Å²) in [5.41, 5.74) is 1.42. The third-order valence-electron chi connectivity index (χ3n) is 7.01. The van der Waals surface area contributed by atoms with E-state index in [0.717, 1.165) is 6.54 Å². The van der Waals surface area contributed by atoms with E-state index in [2.05, 4.69) is 66.4 Å². The zero-order valence-electron chi connectivity index (χ0n) is 21.4. The largest absolute Gasteiger partial charge is 0.356 e. The number of benzene rings is 1. The van der Waals surface area contributed by atoms with Gasteiger partial charge in [0.25, 0.3) is 0 Å². The number of hydrogen-bond donors (Lipinski definition) is 0. The molecule has 0 spiro atoms. The molecule has 0 N–H and O–H groups in total. The van der Waals surface area contributed by atoms with Gasteiger partial charge in [0.2, 0.25) is 0 Å². The van der Waals surface area contributed by atoms with Gasteiger partial charge in [-0.2, -0.15) is 0 Å². The summed E-state index contributed by atoms with van der Waals surface area (Å²) in [5, 5.41) is 0. The van der Waals surface area contributed by atoms with Crippen molar-refractivity contribution in [2.75, 3.05) is 6.54 Å². The minimum absolute atomic E-state index is 0.556. The lowest BCUT2D eigenvalue weighted by Gasteiger charge is -2.33. The van der Waals surface area contributed by atoms with Gasteiger partial charge in [-0.3, -0.25) is 0 Å². The van der Waals surface area contributed by atoms with Crippen LogP contribution in [0.3, 0.4) is 0 Å². The number of unbranched alkanes of at least 4 members (excludes halogenated alkanes) is 14. The third-order valence-corrected chi connectivity index (χ3v) is 7.01. The van der Waals surface area contributed by atoms with E-state index in [0.29, 0.717) is 6.17 Å². The standard InChI is InChI=1S/C30H52N2/c1-3-5-7-9-11-12-13-14-16-21-25-31-26-27-32(28-29-22-18-17-19-23-29)30(31)24-20-15-10-8-6-4-2/h17-19,22-23,26-27,30H,3-16,20-21,24-25,28H2,1-2H3. The minimum atomic E-state index is 0.556. The van der Waals surface area contributed by atoms with Gasteiger partial charge in [0, 0.05) is 25.5 Å². The first-order valence-corrected chi connectivity index (χ1v) is 14.1.